The second-order valence-corrected chi connectivity index (χ2v) is 8.00. The number of hydrogen-bond acceptors (Lipinski definition) is 4. The van der Waals surface area contributed by atoms with Gasteiger partial charge in [0.2, 0.25) is 0 Å². The van der Waals surface area contributed by atoms with E-state index in [2.05, 4.69) is 11.2 Å². The molecule has 0 saturated carbocycles. The molecule has 8 heteroatoms. The lowest BCUT2D eigenvalue weighted by Crippen LogP contribution is -2.33. The zero-order valence-electron chi connectivity index (χ0n) is 15.5. The summed E-state index contributed by atoms with van der Waals surface area (Å²) in [4.78, 5) is 24.5. The molecule has 1 aliphatic heterocycles. The maximum Gasteiger partial charge on any atom is 0.337 e. The van der Waals surface area contributed by atoms with E-state index >= 15 is 0 Å². The molecule has 1 aliphatic rings. The summed E-state index contributed by atoms with van der Waals surface area (Å²) in [6.45, 7) is 0.600. The largest absolute Gasteiger partial charge is 0.478 e. The predicted molar refractivity (Wildman–Crippen MR) is 109 cm³/mol. The second-order valence-electron chi connectivity index (χ2n) is 6.56. The van der Waals surface area contributed by atoms with Crippen LogP contribution < -0.4 is 5.32 Å². The van der Waals surface area contributed by atoms with Gasteiger partial charge in [-0.05, 0) is 55.3 Å². The molecule has 150 valence electrons. The number of aliphatic hydroxyl groups excluding tert-OH is 1. The number of amides is 1. The number of aromatic carboxylic acids is 1. The Morgan fingerprint density at radius 3 is 2.59 bits per heavy atom. The van der Waals surface area contributed by atoms with Crippen molar-refractivity contribution in [2.75, 3.05) is 18.5 Å². The first kappa shape index (κ1) is 20.7. The average Bonchev–Trinajstić information content (AvgIpc) is 3.22. The fraction of sp³-hybridized carbons (Fsp3) is 0.238. The van der Waals surface area contributed by atoms with Crippen LogP contribution in [0.1, 0.15) is 39.1 Å². The van der Waals surface area contributed by atoms with Crippen molar-refractivity contribution in [3.63, 3.8) is 0 Å². The highest BCUT2D eigenvalue weighted by Gasteiger charge is 2.29. The molecule has 2 aromatic carbocycles. The van der Waals surface area contributed by atoms with Crippen LogP contribution >= 0.6 is 0 Å². The Morgan fingerprint density at radius 1 is 1.24 bits per heavy atom. The van der Waals surface area contributed by atoms with Crippen molar-refractivity contribution in [1.29, 1.82) is 0 Å². The number of aliphatic hydroxyl groups is 1. The summed E-state index contributed by atoms with van der Waals surface area (Å²) in [5.41, 5.74) is 0.728. The van der Waals surface area contributed by atoms with Gasteiger partial charge in [0, 0.05) is 23.7 Å². The molecule has 0 aromatic heterocycles. The van der Waals surface area contributed by atoms with Crippen molar-refractivity contribution in [3.05, 3.63) is 59.2 Å². The van der Waals surface area contributed by atoms with Crippen LogP contribution in [-0.2, 0) is 11.0 Å². The van der Waals surface area contributed by atoms with Crippen LogP contribution in [0.4, 0.5) is 5.69 Å². The minimum absolute atomic E-state index is 0.0450. The minimum atomic E-state index is -1.42. The summed E-state index contributed by atoms with van der Waals surface area (Å²) in [5.74, 6) is 0.663. The predicted octanol–water partition coefficient (Wildman–Crippen LogP) is 2.10. The molecule has 1 amide bonds. The number of anilines is 1. The lowest BCUT2D eigenvalue weighted by molar-refractivity contribution is 0.0698. The third kappa shape index (κ3) is 4.54. The van der Waals surface area contributed by atoms with Gasteiger partial charge < -0.3 is 15.5 Å². The molecular formula is C21H20N2O5S. The van der Waals surface area contributed by atoms with Crippen molar-refractivity contribution < 1.29 is 24.0 Å². The van der Waals surface area contributed by atoms with E-state index in [-0.39, 0.29) is 23.9 Å². The maximum absolute atomic E-state index is 12.7. The van der Waals surface area contributed by atoms with Crippen LogP contribution in [0.2, 0.25) is 0 Å². The van der Waals surface area contributed by atoms with E-state index in [4.69, 9.17) is 6.42 Å². The Balaban J connectivity index is 1.75. The van der Waals surface area contributed by atoms with E-state index < -0.39 is 22.9 Å². The van der Waals surface area contributed by atoms with Crippen LogP contribution in [0, 0.1) is 12.3 Å². The Labute approximate surface area is 170 Å². The molecule has 3 N–H and O–H groups in total. The fourth-order valence-corrected chi connectivity index (χ4v) is 4.56. The molecule has 1 heterocycles. The van der Waals surface area contributed by atoms with Gasteiger partial charge in [-0.3, -0.25) is 4.79 Å². The lowest BCUT2D eigenvalue weighted by Gasteiger charge is -2.21. The third-order valence-electron chi connectivity index (χ3n) is 4.73. The molecule has 2 aromatic rings. The molecule has 0 aliphatic carbocycles. The summed E-state index contributed by atoms with van der Waals surface area (Å²) in [5, 5.41) is 21.3. The molecule has 7 nitrogen and oxygen atoms in total. The van der Waals surface area contributed by atoms with Gasteiger partial charge in [0.15, 0.2) is 0 Å². The maximum atomic E-state index is 12.7. The SMILES string of the molecule is C#Cc1ccc(NC(=O)c2ccc(S(=O)N3CCCC3CO)cc2)c(C(=O)O)c1. The van der Waals surface area contributed by atoms with E-state index in [1.54, 1.807) is 22.5 Å². The first-order valence-electron chi connectivity index (χ1n) is 8.99. The van der Waals surface area contributed by atoms with E-state index in [0.29, 0.717) is 22.6 Å². The van der Waals surface area contributed by atoms with Crippen molar-refractivity contribution >= 4 is 28.5 Å². The zero-order valence-corrected chi connectivity index (χ0v) is 16.3. The molecule has 29 heavy (non-hydrogen) atoms. The molecule has 2 unspecified atom stereocenters. The van der Waals surface area contributed by atoms with Gasteiger partial charge in [0.1, 0.15) is 11.0 Å². The highest BCUT2D eigenvalue weighted by atomic mass is 32.2. The molecule has 0 bridgehead atoms. The molecule has 2 atom stereocenters. The Morgan fingerprint density at radius 2 is 1.97 bits per heavy atom. The summed E-state index contributed by atoms with van der Waals surface area (Å²) in [6, 6.07) is 10.4. The van der Waals surface area contributed by atoms with Crippen LogP contribution in [0.3, 0.4) is 0 Å². The summed E-state index contributed by atoms with van der Waals surface area (Å²) in [6.07, 6.45) is 6.97. The quantitative estimate of drug-likeness (QED) is 0.630. The second kappa shape index (κ2) is 9.01. The van der Waals surface area contributed by atoms with Gasteiger partial charge in [-0.2, -0.15) is 0 Å². The van der Waals surface area contributed by atoms with Gasteiger partial charge in [-0.1, -0.05) is 5.92 Å². The molecule has 0 spiro atoms. The number of hydrogen-bond donors (Lipinski definition) is 3. The molecule has 1 fully saturated rings. The van der Waals surface area contributed by atoms with Crippen molar-refractivity contribution in [1.82, 2.24) is 4.31 Å². The third-order valence-corrected chi connectivity index (χ3v) is 6.31. The van der Waals surface area contributed by atoms with Gasteiger partial charge in [-0.25, -0.2) is 13.3 Å². The highest BCUT2D eigenvalue weighted by molar-refractivity contribution is 7.82. The van der Waals surface area contributed by atoms with E-state index in [1.165, 1.54) is 24.3 Å². The van der Waals surface area contributed by atoms with Crippen LogP contribution in [0.15, 0.2) is 47.4 Å². The number of benzene rings is 2. The standard InChI is InChI=1S/C21H20N2O5S/c1-2-14-5-10-19(18(12-14)21(26)27)22-20(25)15-6-8-17(9-7-15)29(28)23-11-3-4-16(23)13-24/h1,5-10,12,16,24H,3-4,11,13H2,(H,22,25)(H,26,27). The molecule has 3 rings (SSSR count). The Bertz CT molecular complexity index is 997. The number of carbonyl (C=O) groups excluding carboxylic acids is 1. The Hall–Kier alpha value is -2.99. The summed E-state index contributed by atoms with van der Waals surface area (Å²) >= 11 is 0. The molecular weight excluding hydrogens is 392 g/mol. The van der Waals surface area contributed by atoms with Gasteiger partial charge >= 0.3 is 5.97 Å². The van der Waals surface area contributed by atoms with E-state index in [1.807, 2.05) is 0 Å². The topological polar surface area (TPSA) is 107 Å². The monoisotopic (exact) mass is 412 g/mol. The zero-order chi connectivity index (χ0) is 21.0. The summed E-state index contributed by atoms with van der Waals surface area (Å²) in [7, 11) is -1.42. The first-order chi connectivity index (χ1) is 13.9. The van der Waals surface area contributed by atoms with Crippen molar-refractivity contribution in [3.8, 4) is 12.3 Å². The van der Waals surface area contributed by atoms with E-state index in [9.17, 15) is 24.0 Å². The van der Waals surface area contributed by atoms with E-state index in [0.717, 1.165) is 12.8 Å². The van der Waals surface area contributed by atoms with Gasteiger partial charge in [0.25, 0.3) is 5.91 Å². The number of rotatable bonds is 6. The molecule has 1 saturated heterocycles. The number of terminal acetylenes is 1. The molecule has 0 radical (unpaired) electrons. The minimum Gasteiger partial charge on any atom is -0.478 e. The van der Waals surface area contributed by atoms with Crippen LogP contribution in [0.5, 0.6) is 0 Å². The van der Waals surface area contributed by atoms with Crippen molar-refractivity contribution in [2.45, 2.75) is 23.8 Å². The Kier molecular flexibility index (Phi) is 6.44. The normalized spacial score (nSPS) is 17.4. The lowest BCUT2D eigenvalue weighted by atomic mass is 10.1. The number of nitrogens with one attached hydrogen (secondary N) is 1. The van der Waals surface area contributed by atoms with Crippen LogP contribution in [-0.4, -0.2) is 49.8 Å². The number of carboxylic acids is 1. The highest BCUT2D eigenvalue weighted by Crippen LogP contribution is 2.24. The average molecular weight is 412 g/mol. The smallest absolute Gasteiger partial charge is 0.337 e. The van der Waals surface area contributed by atoms with Crippen LogP contribution in [0.25, 0.3) is 0 Å². The fourth-order valence-electron chi connectivity index (χ4n) is 3.18. The first-order valence-corrected chi connectivity index (χ1v) is 10.1. The summed E-state index contributed by atoms with van der Waals surface area (Å²) < 4.78 is 14.5. The number of carboxylic acid groups (broad SMARTS) is 1. The van der Waals surface area contributed by atoms with Crippen molar-refractivity contribution in [2.24, 2.45) is 0 Å². The number of nitrogens with zero attached hydrogens (tertiary/aromatic N) is 1. The van der Waals surface area contributed by atoms with Gasteiger partial charge in [-0.15, -0.1) is 6.42 Å². The van der Waals surface area contributed by atoms with Gasteiger partial charge in [0.05, 0.1) is 22.8 Å². The number of carbonyl (C=O) groups is 2.